The quantitative estimate of drug-likeness (QED) is 0.0410. The number of rotatable bonds is 16. The Kier molecular flexibility index (Phi) is 12.1. The highest BCUT2D eigenvalue weighted by Gasteiger charge is 2.31. The van der Waals surface area contributed by atoms with E-state index in [1.807, 2.05) is 60.8 Å². The van der Waals surface area contributed by atoms with Crippen molar-refractivity contribution < 1.29 is 29.1 Å². The van der Waals surface area contributed by atoms with Crippen molar-refractivity contribution >= 4 is 34.8 Å². The Morgan fingerprint density at radius 2 is 1.63 bits per heavy atom. The maximum atomic E-state index is 14.4. The molecule has 3 amide bonds. The van der Waals surface area contributed by atoms with Crippen LogP contribution < -0.4 is 27.0 Å². The van der Waals surface area contributed by atoms with Gasteiger partial charge in [0.15, 0.2) is 11.8 Å². The van der Waals surface area contributed by atoms with E-state index in [0.29, 0.717) is 29.8 Å². The fourth-order valence-corrected chi connectivity index (χ4v) is 6.18. The number of aromatic nitrogens is 3. The molecule has 10 N–H and O–H groups in total. The van der Waals surface area contributed by atoms with E-state index in [1.165, 1.54) is 0 Å². The number of H-pyrrole nitrogens is 1. The van der Waals surface area contributed by atoms with Gasteiger partial charge in [-0.1, -0.05) is 53.7 Å². The van der Waals surface area contributed by atoms with Crippen LogP contribution in [-0.2, 0) is 28.9 Å². The number of amides is 3. The van der Waals surface area contributed by atoms with Crippen molar-refractivity contribution in [1.29, 1.82) is 5.41 Å². The highest BCUT2D eigenvalue weighted by molar-refractivity contribution is 5.91. The number of fused-ring (bicyclic) bond motifs is 1. The van der Waals surface area contributed by atoms with Crippen molar-refractivity contribution in [3.05, 3.63) is 112 Å². The molecular formula is C37H43N9O6. The van der Waals surface area contributed by atoms with Crippen molar-refractivity contribution in [2.75, 3.05) is 6.54 Å². The SMILES string of the molecule is Cc1cc(O)cc(C)c1CC(NC(=O)C(CCCNC(=N)N)NC(=O)O)C(=O)NC(Cc1c[nH]c2ccccc12)c1nc(Cc2ccccc2)no1. The molecule has 52 heavy (non-hydrogen) atoms. The summed E-state index contributed by atoms with van der Waals surface area (Å²) in [5.74, 6) is -0.860. The van der Waals surface area contributed by atoms with Gasteiger partial charge in [-0.2, -0.15) is 4.98 Å². The minimum Gasteiger partial charge on any atom is -0.508 e. The first-order chi connectivity index (χ1) is 25.0. The predicted molar refractivity (Wildman–Crippen MR) is 194 cm³/mol. The Bertz CT molecular complexity index is 2000. The van der Waals surface area contributed by atoms with Crippen LogP contribution in [0.2, 0.25) is 0 Å². The van der Waals surface area contributed by atoms with Gasteiger partial charge in [0.25, 0.3) is 0 Å². The number of phenols is 1. The average Bonchev–Trinajstić information content (AvgIpc) is 3.74. The zero-order valence-electron chi connectivity index (χ0n) is 28.9. The van der Waals surface area contributed by atoms with Crippen LogP contribution in [0.1, 0.15) is 58.4 Å². The molecule has 0 saturated heterocycles. The predicted octanol–water partition coefficient (Wildman–Crippen LogP) is 3.49. The fourth-order valence-electron chi connectivity index (χ4n) is 6.18. The van der Waals surface area contributed by atoms with Crippen LogP contribution in [-0.4, -0.2) is 67.8 Å². The van der Waals surface area contributed by atoms with Gasteiger partial charge in [-0.05, 0) is 72.7 Å². The van der Waals surface area contributed by atoms with Gasteiger partial charge in [-0.25, -0.2) is 4.79 Å². The Labute approximate surface area is 299 Å². The second-order valence-corrected chi connectivity index (χ2v) is 12.6. The minimum absolute atomic E-state index is 0.0318. The number of nitrogens with one attached hydrogen (secondary N) is 6. The number of nitrogens with zero attached hydrogens (tertiary/aromatic N) is 2. The number of benzene rings is 3. The van der Waals surface area contributed by atoms with E-state index in [0.717, 1.165) is 27.6 Å². The molecule has 2 aromatic heterocycles. The number of guanidine groups is 1. The van der Waals surface area contributed by atoms with E-state index in [9.17, 15) is 24.6 Å². The number of hydrogen-bond acceptors (Lipinski definition) is 8. The van der Waals surface area contributed by atoms with Gasteiger partial charge < -0.3 is 46.7 Å². The summed E-state index contributed by atoms with van der Waals surface area (Å²) in [6, 6.07) is 17.4. The van der Waals surface area contributed by atoms with Crippen LogP contribution in [0.3, 0.4) is 0 Å². The molecule has 5 rings (SSSR count). The third-order valence-corrected chi connectivity index (χ3v) is 8.72. The molecule has 0 fully saturated rings. The van der Waals surface area contributed by atoms with Crippen molar-refractivity contribution in [3.63, 3.8) is 0 Å². The summed E-state index contributed by atoms with van der Waals surface area (Å²) in [6.07, 6.45) is 1.54. The van der Waals surface area contributed by atoms with Crippen molar-refractivity contribution in [3.8, 4) is 5.75 Å². The lowest BCUT2D eigenvalue weighted by atomic mass is 9.95. The summed E-state index contributed by atoms with van der Waals surface area (Å²) in [5.41, 5.74) is 10.3. The maximum absolute atomic E-state index is 14.4. The third-order valence-electron chi connectivity index (χ3n) is 8.72. The zero-order chi connectivity index (χ0) is 37.2. The molecule has 0 spiro atoms. The Hall–Kier alpha value is -6.38. The van der Waals surface area contributed by atoms with Crippen LogP contribution in [0.25, 0.3) is 10.9 Å². The van der Waals surface area contributed by atoms with Crippen molar-refractivity contribution in [1.82, 2.24) is 36.4 Å². The molecule has 0 aliphatic rings. The molecule has 3 atom stereocenters. The number of aromatic amines is 1. The molecule has 0 aliphatic carbocycles. The van der Waals surface area contributed by atoms with Crippen LogP contribution in [0.4, 0.5) is 4.79 Å². The summed E-state index contributed by atoms with van der Waals surface area (Å²) in [5, 5.41) is 42.8. The van der Waals surface area contributed by atoms with Crippen molar-refractivity contribution in [2.24, 2.45) is 5.73 Å². The molecule has 3 unspecified atom stereocenters. The van der Waals surface area contributed by atoms with Gasteiger partial charge >= 0.3 is 6.09 Å². The van der Waals surface area contributed by atoms with Gasteiger partial charge in [0, 0.05) is 42.9 Å². The van der Waals surface area contributed by atoms with Gasteiger partial charge in [-0.15, -0.1) is 0 Å². The monoisotopic (exact) mass is 709 g/mol. The zero-order valence-corrected chi connectivity index (χ0v) is 28.9. The number of nitrogens with two attached hydrogens (primary N) is 1. The topological polar surface area (TPSA) is 244 Å². The second-order valence-electron chi connectivity index (χ2n) is 12.6. The highest BCUT2D eigenvalue weighted by atomic mass is 16.5. The molecule has 5 aromatic rings. The molecule has 0 bridgehead atoms. The first kappa shape index (κ1) is 36.9. The molecule has 15 heteroatoms. The second kappa shape index (κ2) is 17.0. The minimum atomic E-state index is -1.41. The standard InChI is InChI=1S/C37H43N9O6/c1-21-15-25(47)16-22(2)27(21)19-30(42-33(48)29(44-37(50)51)13-8-14-40-36(38)39)34(49)43-31(18-24-20-41-28-12-7-6-11-26(24)28)35-45-32(46-52-35)17-23-9-4-3-5-10-23/h3-7,9-12,15-16,20,29-31,41,44,47H,8,13-14,17-19H2,1-2H3,(H,42,48)(H,43,49)(H,50,51)(H4,38,39,40). The molecule has 0 radical (unpaired) electrons. The summed E-state index contributed by atoms with van der Waals surface area (Å²) in [7, 11) is 0. The van der Waals surface area contributed by atoms with Gasteiger partial charge in [0.2, 0.25) is 17.7 Å². The average molecular weight is 710 g/mol. The smallest absolute Gasteiger partial charge is 0.405 e. The van der Waals surface area contributed by atoms with E-state index in [2.05, 4.69) is 36.4 Å². The van der Waals surface area contributed by atoms with E-state index in [1.54, 1.807) is 26.0 Å². The molecule has 2 heterocycles. The number of carbonyl (C=O) groups is 3. The molecular weight excluding hydrogens is 666 g/mol. The first-order valence-corrected chi connectivity index (χ1v) is 16.9. The lowest BCUT2D eigenvalue weighted by Gasteiger charge is -2.25. The lowest BCUT2D eigenvalue weighted by molar-refractivity contribution is -0.130. The van der Waals surface area contributed by atoms with Gasteiger partial charge in [0.1, 0.15) is 23.9 Å². The summed E-state index contributed by atoms with van der Waals surface area (Å²) in [4.78, 5) is 47.6. The van der Waals surface area contributed by atoms with Gasteiger partial charge in [0.05, 0.1) is 0 Å². The first-order valence-electron chi connectivity index (χ1n) is 16.9. The fraction of sp³-hybridized carbons (Fsp3) is 0.297. The summed E-state index contributed by atoms with van der Waals surface area (Å²) in [6.45, 7) is 3.83. The Balaban J connectivity index is 1.45. The molecule has 15 nitrogen and oxygen atoms in total. The maximum Gasteiger partial charge on any atom is 0.405 e. The van der Waals surface area contributed by atoms with E-state index >= 15 is 0 Å². The third kappa shape index (κ3) is 9.87. The number of phenolic OH excluding ortho intramolecular Hbond substituents is 1. The van der Waals surface area contributed by atoms with Crippen LogP contribution in [0.5, 0.6) is 5.75 Å². The molecule has 272 valence electrons. The number of aromatic hydroxyl groups is 1. The molecule has 3 aromatic carbocycles. The Morgan fingerprint density at radius 3 is 2.35 bits per heavy atom. The number of carboxylic acid groups (broad SMARTS) is 1. The largest absolute Gasteiger partial charge is 0.508 e. The lowest BCUT2D eigenvalue weighted by Crippen LogP contribution is -2.55. The summed E-state index contributed by atoms with van der Waals surface area (Å²) >= 11 is 0. The van der Waals surface area contributed by atoms with E-state index in [-0.39, 0.29) is 43.4 Å². The van der Waals surface area contributed by atoms with Crippen LogP contribution in [0.15, 0.2) is 77.4 Å². The van der Waals surface area contributed by atoms with E-state index < -0.39 is 36.0 Å². The van der Waals surface area contributed by atoms with Crippen molar-refractivity contribution in [2.45, 2.75) is 64.1 Å². The Morgan fingerprint density at radius 1 is 0.942 bits per heavy atom. The van der Waals surface area contributed by atoms with Crippen LogP contribution in [0, 0.1) is 19.3 Å². The van der Waals surface area contributed by atoms with E-state index in [4.69, 9.17) is 15.7 Å². The van der Waals surface area contributed by atoms with Gasteiger partial charge in [-0.3, -0.25) is 15.0 Å². The number of aryl methyl sites for hydroxylation is 2. The van der Waals surface area contributed by atoms with Crippen LogP contribution >= 0.6 is 0 Å². The summed E-state index contributed by atoms with van der Waals surface area (Å²) < 4.78 is 5.74. The number of para-hydroxylation sites is 1. The normalized spacial score (nSPS) is 12.8. The highest BCUT2D eigenvalue weighted by Crippen LogP contribution is 2.26. The molecule has 0 aliphatic heterocycles. The molecule has 0 saturated carbocycles. The number of carbonyl (C=O) groups excluding carboxylic acids is 2. The number of hydrogen-bond donors (Lipinski definition) is 9.